The normalized spacial score (nSPS) is 23.2. The molecule has 1 aromatic carbocycles. The molecule has 0 radical (unpaired) electrons. The van der Waals surface area contributed by atoms with E-state index in [-0.39, 0.29) is 23.4 Å². The molecule has 2 heterocycles. The lowest BCUT2D eigenvalue weighted by atomic mass is 9.85. The van der Waals surface area contributed by atoms with Crippen LogP contribution >= 0.6 is 0 Å². The fourth-order valence-corrected chi connectivity index (χ4v) is 4.26. The molecule has 0 saturated carbocycles. The first-order valence-corrected chi connectivity index (χ1v) is 10.0. The van der Waals surface area contributed by atoms with Crippen molar-refractivity contribution in [3.63, 3.8) is 0 Å². The largest absolute Gasteiger partial charge is 0.381 e. The maximum atomic E-state index is 12.8. The van der Waals surface area contributed by atoms with Crippen molar-refractivity contribution < 1.29 is 9.53 Å². The molecular weight excluding hydrogens is 326 g/mol. The topological polar surface area (TPSA) is 67.6 Å². The predicted molar refractivity (Wildman–Crippen MR) is 104 cm³/mol. The summed E-state index contributed by atoms with van der Waals surface area (Å²) < 4.78 is 5.61. The van der Waals surface area contributed by atoms with Gasteiger partial charge in [0.25, 0.3) is 0 Å². The van der Waals surface area contributed by atoms with Crippen LogP contribution in [-0.2, 0) is 9.53 Å². The van der Waals surface area contributed by atoms with Crippen LogP contribution < -0.4 is 11.1 Å². The van der Waals surface area contributed by atoms with E-state index >= 15 is 0 Å². The lowest BCUT2D eigenvalue weighted by molar-refractivity contribution is -0.126. The van der Waals surface area contributed by atoms with E-state index in [0.717, 1.165) is 44.7 Å². The van der Waals surface area contributed by atoms with Crippen LogP contribution in [0.3, 0.4) is 0 Å². The third-order valence-corrected chi connectivity index (χ3v) is 6.18. The molecule has 2 aliphatic rings. The minimum Gasteiger partial charge on any atom is -0.381 e. The Kier molecular flexibility index (Phi) is 6.68. The number of nitrogens with two attached hydrogens (primary N) is 1. The molecule has 2 fully saturated rings. The molecule has 5 nitrogen and oxygen atoms in total. The van der Waals surface area contributed by atoms with Gasteiger partial charge in [-0.25, -0.2) is 0 Å². The highest BCUT2D eigenvalue weighted by atomic mass is 16.5. The van der Waals surface area contributed by atoms with E-state index in [1.807, 2.05) is 37.3 Å². The van der Waals surface area contributed by atoms with Gasteiger partial charge in [0.2, 0.25) is 5.91 Å². The number of benzene rings is 1. The zero-order valence-electron chi connectivity index (χ0n) is 16.0. The number of hydrogen-bond acceptors (Lipinski definition) is 4. The maximum Gasteiger partial charge on any atom is 0.224 e. The van der Waals surface area contributed by atoms with Crippen molar-refractivity contribution in [2.45, 2.75) is 50.6 Å². The summed E-state index contributed by atoms with van der Waals surface area (Å²) in [5.41, 5.74) is 7.39. The first-order chi connectivity index (χ1) is 12.6. The summed E-state index contributed by atoms with van der Waals surface area (Å²) in [4.78, 5) is 15.4. The molecule has 3 rings (SSSR count). The first-order valence-electron chi connectivity index (χ1n) is 10.0. The van der Waals surface area contributed by atoms with Crippen molar-refractivity contribution in [1.82, 2.24) is 10.2 Å². The third-order valence-electron chi connectivity index (χ3n) is 6.18. The predicted octanol–water partition coefficient (Wildman–Crippen LogP) is 2.47. The summed E-state index contributed by atoms with van der Waals surface area (Å²) in [7, 11) is 0. The number of amides is 1. The smallest absolute Gasteiger partial charge is 0.224 e. The Balaban J connectivity index is 1.61. The van der Waals surface area contributed by atoms with E-state index in [9.17, 15) is 4.79 Å². The monoisotopic (exact) mass is 359 g/mol. The Morgan fingerprint density at radius 3 is 2.50 bits per heavy atom. The molecule has 26 heavy (non-hydrogen) atoms. The van der Waals surface area contributed by atoms with Crippen molar-refractivity contribution in [3.8, 4) is 0 Å². The zero-order chi connectivity index (χ0) is 18.4. The van der Waals surface area contributed by atoms with Crippen LogP contribution in [0.2, 0.25) is 0 Å². The summed E-state index contributed by atoms with van der Waals surface area (Å²) >= 11 is 0. The number of rotatable bonds is 6. The van der Waals surface area contributed by atoms with Gasteiger partial charge in [-0.3, -0.25) is 9.69 Å². The van der Waals surface area contributed by atoms with E-state index in [4.69, 9.17) is 10.5 Å². The molecule has 2 aliphatic heterocycles. The van der Waals surface area contributed by atoms with Crippen LogP contribution in [0, 0.1) is 5.92 Å². The van der Waals surface area contributed by atoms with Crippen molar-refractivity contribution in [1.29, 1.82) is 0 Å². The van der Waals surface area contributed by atoms with Gasteiger partial charge in [0, 0.05) is 31.3 Å². The summed E-state index contributed by atoms with van der Waals surface area (Å²) in [6, 6.07) is 9.59. The van der Waals surface area contributed by atoms with Crippen LogP contribution in [0.1, 0.15) is 50.6 Å². The Hall–Kier alpha value is -1.43. The molecular formula is C21H33N3O2. The van der Waals surface area contributed by atoms with Gasteiger partial charge in [0.05, 0.1) is 5.92 Å². The number of piperidine rings is 1. The molecule has 144 valence electrons. The Morgan fingerprint density at radius 2 is 1.85 bits per heavy atom. The van der Waals surface area contributed by atoms with E-state index in [1.54, 1.807) is 0 Å². The second-order valence-electron chi connectivity index (χ2n) is 7.83. The van der Waals surface area contributed by atoms with Gasteiger partial charge in [-0.1, -0.05) is 43.7 Å². The lowest BCUT2D eigenvalue weighted by Gasteiger charge is -2.48. The van der Waals surface area contributed by atoms with E-state index < -0.39 is 0 Å². The number of nitrogens with zero attached hydrogens (tertiary/aromatic N) is 1. The van der Waals surface area contributed by atoms with Crippen LogP contribution in [0.5, 0.6) is 0 Å². The maximum absolute atomic E-state index is 12.8. The van der Waals surface area contributed by atoms with Crippen LogP contribution in [-0.4, -0.2) is 49.2 Å². The number of hydrogen-bond donors (Lipinski definition) is 2. The molecule has 1 aromatic rings. The fraction of sp³-hybridized carbons (Fsp3) is 0.667. The van der Waals surface area contributed by atoms with Gasteiger partial charge in [-0.2, -0.15) is 0 Å². The van der Waals surface area contributed by atoms with Gasteiger partial charge in [-0.05, 0) is 44.3 Å². The highest BCUT2D eigenvalue weighted by molar-refractivity contribution is 5.79. The minimum atomic E-state index is -0.281. The Bertz CT molecular complexity index is 566. The van der Waals surface area contributed by atoms with Crippen molar-refractivity contribution in [2.75, 3.05) is 32.8 Å². The molecule has 2 atom stereocenters. The highest BCUT2D eigenvalue weighted by Crippen LogP contribution is 2.30. The number of likely N-dealkylation sites (tertiary alicyclic amines) is 1. The van der Waals surface area contributed by atoms with Crippen molar-refractivity contribution >= 4 is 5.91 Å². The van der Waals surface area contributed by atoms with Gasteiger partial charge in [0.1, 0.15) is 0 Å². The van der Waals surface area contributed by atoms with Gasteiger partial charge in [-0.15, -0.1) is 0 Å². The SMILES string of the molecule is CC(C(=O)NCC1(N2CCCCC2)CCOCC1)C(N)c1ccccc1. The zero-order valence-corrected chi connectivity index (χ0v) is 16.0. The molecule has 0 bridgehead atoms. The minimum absolute atomic E-state index is 0.0456. The van der Waals surface area contributed by atoms with E-state index in [2.05, 4.69) is 10.2 Å². The fourth-order valence-electron chi connectivity index (χ4n) is 4.26. The third kappa shape index (κ3) is 4.45. The number of nitrogens with one attached hydrogen (secondary N) is 1. The first kappa shape index (κ1) is 19.3. The summed E-state index contributed by atoms with van der Waals surface area (Å²) in [6.45, 7) is 6.45. The van der Waals surface area contributed by atoms with Crippen molar-refractivity contribution in [2.24, 2.45) is 11.7 Å². The van der Waals surface area contributed by atoms with Crippen LogP contribution in [0.25, 0.3) is 0 Å². The molecule has 2 saturated heterocycles. The standard InChI is InChI=1S/C21H33N3O2/c1-17(19(22)18-8-4-2-5-9-18)20(25)23-16-21(10-14-26-15-11-21)24-12-6-3-7-13-24/h2,4-5,8-9,17,19H,3,6-7,10-16,22H2,1H3,(H,23,25). The molecule has 0 aromatic heterocycles. The average molecular weight is 360 g/mol. The molecule has 0 aliphatic carbocycles. The number of carbonyl (C=O) groups excluding carboxylic acids is 1. The van der Waals surface area contributed by atoms with Gasteiger partial charge >= 0.3 is 0 Å². The average Bonchev–Trinajstić information content (AvgIpc) is 2.73. The summed E-state index contributed by atoms with van der Waals surface area (Å²) in [6.07, 6.45) is 5.81. The molecule has 5 heteroatoms. The van der Waals surface area contributed by atoms with Gasteiger partial charge < -0.3 is 15.8 Å². The quantitative estimate of drug-likeness (QED) is 0.819. The van der Waals surface area contributed by atoms with E-state index in [0.29, 0.717) is 6.54 Å². The Morgan fingerprint density at radius 1 is 1.19 bits per heavy atom. The lowest BCUT2D eigenvalue weighted by Crippen LogP contribution is -2.60. The molecule has 1 amide bonds. The molecule has 3 N–H and O–H groups in total. The number of ether oxygens (including phenoxy) is 1. The van der Waals surface area contributed by atoms with Crippen LogP contribution in [0.4, 0.5) is 0 Å². The van der Waals surface area contributed by atoms with E-state index in [1.165, 1.54) is 19.3 Å². The molecule has 2 unspecified atom stereocenters. The number of carbonyl (C=O) groups is 1. The summed E-state index contributed by atoms with van der Waals surface area (Å²) in [5, 5.41) is 3.22. The molecule has 0 spiro atoms. The van der Waals surface area contributed by atoms with Crippen molar-refractivity contribution in [3.05, 3.63) is 35.9 Å². The second-order valence-corrected chi connectivity index (χ2v) is 7.83. The van der Waals surface area contributed by atoms with Crippen LogP contribution in [0.15, 0.2) is 30.3 Å². The highest BCUT2D eigenvalue weighted by Gasteiger charge is 2.39. The second kappa shape index (κ2) is 8.98. The van der Waals surface area contributed by atoms with Gasteiger partial charge in [0.15, 0.2) is 0 Å². The Labute approximate surface area is 157 Å². The summed E-state index contributed by atoms with van der Waals surface area (Å²) in [5.74, 6) is -0.208.